The smallest absolute Gasteiger partial charge is 0.273 e. The van der Waals surface area contributed by atoms with Gasteiger partial charge in [-0.1, -0.05) is 0 Å². The lowest BCUT2D eigenvalue weighted by atomic mass is 10.0. The van der Waals surface area contributed by atoms with Crippen molar-refractivity contribution in [3.8, 4) is 16.9 Å². The van der Waals surface area contributed by atoms with Crippen molar-refractivity contribution in [2.45, 2.75) is 0 Å². The van der Waals surface area contributed by atoms with E-state index in [1.165, 1.54) is 12.1 Å². The van der Waals surface area contributed by atoms with Crippen LogP contribution in [0.5, 0.6) is 5.75 Å². The fourth-order valence-electron chi connectivity index (χ4n) is 2.38. The summed E-state index contributed by atoms with van der Waals surface area (Å²) >= 11 is 0. The minimum Gasteiger partial charge on any atom is -0.507 e. The molecule has 1 N–H and O–H groups in total. The number of benzene rings is 2. The average Bonchev–Trinajstić information content (AvgIpc) is 2.72. The molecule has 2 aromatic carbocycles. The normalized spacial score (nSPS) is 11.9. The Hall–Kier alpha value is -3.29. The van der Waals surface area contributed by atoms with Crippen molar-refractivity contribution in [2.24, 2.45) is 0 Å². The zero-order valence-corrected chi connectivity index (χ0v) is 10.3. The highest BCUT2D eigenvalue weighted by Gasteiger charge is 2.33. The van der Waals surface area contributed by atoms with Crippen molar-refractivity contribution >= 4 is 17.2 Å². The predicted molar refractivity (Wildman–Crippen MR) is 70.3 cm³/mol. The second-order valence-electron chi connectivity index (χ2n) is 4.46. The second-order valence-corrected chi connectivity index (χ2v) is 4.46. The fourth-order valence-corrected chi connectivity index (χ4v) is 2.38. The summed E-state index contributed by atoms with van der Waals surface area (Å²) in [6.07, 6.45) is 0. The summed E-state index contributed by atoms with van der Waals surface area (Å²) in [6.45, 7) is 0. The number of phenols is 1. The molecule has 0 fully saturated rings. The topological polar surface area (TPSA) is 124 Å². The van der Waals surface area contributed by atoms with Crippen molar-refractivity contribution in [1.82, 2.24) is 0 Å². The molecule has 0 unspecified atom stereocenters. The van der Waals surface area contributed by atoms with Crippen LogP contribution in [0.25, 0.3) is 11.1 Å². The molecular formula is C13H6N2O6. The van der Waals surface area contributed by atoms with E-state index in [-0.39, 0.29) is 22.4 Å². The van der Waals surface area contributed by atoms with Gasteiger partial charge in [0.05, 0.1) is 15.9 Å². The Kier molecular flexibility index (Phi) is 2.49. The first-order valence-corrected chi connectivity index (χ1v) is 5.75. The number of hydrogen-bond donors (Lipinski definition) is 1. The summed E-state index contributed by atoms with van der Waals surface area (Å²) in [5.74, 6) is -0.983. The van der Waals surface area contributed by atoms with Crippen LogP contribution in [0, 0.1) is 20.2 Å². The molecule has 0 saturated carbocycles. The molecule has 2 aromatic rings. The number of rotatable bonds is 2. The fraction of sp³-hybridized carbons (Fsp3) is 0. The van der Waals surface area contributed by atoms with Crippen molar-refractivity contribution in [3.63, 3.8) is 0 Å². The van der Waals surface area contributed by atoms with E-state index in [0.29, 0.717) is 5.56 Å². The number of ketones is 1. The number of nitro groups is 2. The first-order chi connectivity index (χ1) is 9.90. The Balaban J connectivity index is 2.28. The number of non-ortho nitro benzene ring substituents is 2. The first-order valence-electron chi connectivity index (χ1n) is 5.75. The molecule has 0 aromatic heterocycles. The molecule has 0 aliphatic heterocycles. The van der Waals surface area contributed by atoms with Crippen LogP contribution in [-0.4, -0.2) is 20.7 Å². The highest BCUT2D eigenvalue weighted by atomic mass is 16.6. The third-order valence-electron chi connectivity index (χ3n) is 3.29. The van der Waals surface area contributed by atoms with Crippen LogP contribution in [0.15, 0.2) is 30.3 Å². The van der Waals surface area contributed by atoms with Gasteiger partial charge < -0.3 is 5.11 Å². The molecule has 0 heterocycles. The van der Waals surface area contributed by atoms with Gasteiger partial charge in [0.2, 0.25) is 0 Å². The summed E-state index contributed by atoms with van der Waals surface area (Å²) in [7, 11) is 0. The van der Waals surface area contributed by atoms with E-state index in [4.69, 9.17) is 0 Å². The van der Waals surface area contributed by atoms with Crippen LogP contribution in [0.1, 0.15) is 15.9 Å². The quantitative estimate of drug-likeness (QED) is 0.569. The van der Waals surface area contributed by atoms with Crippen molar-refractivity contribution in [3.05, 3.63) is 61.7 Å². The standard InChI is InChI=1S/C13H6N2O6/c16-11-5-7(15(20)21)4-10-12(11)8-2-1-6(14(18)19)3-9(8)13(10)17/h1-5,16H. The van der Waals surface area contributed by atoms with Crippen molar-refractivity contribution in [1.29, 1.82) is 0 Å². The highest BCUT2D eigenvalue weighted by Crippen LogP contribution is 2.45. The van der Waals surface area contributed by atoms with Gasteiger partial charge in [0, 0.05) is 34.9 Å². The Labute approximate surface area is 116 Å². The summed E-state index contributed by atoms with van der Waals surface area (Å²) in [4.78, 5) is 32.4. The number of hydrogen-bond acceptors (Lipinski definition) is 6. The van der Waals surface area contributed by atoms with Crippen LogP contribution in [0.3, 0.4) is 0 Å². The largest absolute Gasteiger partial charge is 0.507 e. The molecular weight excluding hydrogens is 280 g/mol. The maximum Gasteiger partial charge on any atom is 0.273 e. The number of carbonyl (C=O) groups is 1. The molecule has 0 radical (unpaired) electrons. The van der Waals surface area contributed by atoms with Gasteiger partial charge in [-0.05, 0) is 11.6 Å². The van der Waals surface area contributed by atoms with Crippen LogP contribution >= 0.6 is 0 Å². The van der Waals surface area contributed by atoms with Crippen molar-refractivity contribution in [2.75, 3.05) is 0 Å². The maximum atomic E-state index is 12.2. The summed E-state index contributed by atoms with van der Waals surface area (Å²) < 4.78 is 0. The lowest BCUT2D eigenvalue weighted by molar-refractivity contribution is -0.385. The summed E-state index contributed by atoms with van der Waals surface area (Å²) in [6, 6.07) is 5.67. The van der Waals surface area contributed by atoms with Crippen LogP contribution in [0.4, 0.5) is 11.4 Å². The number of phenolic OH excluding ortho intramolecular Hbond substituents is 1. The second kappa shape index (κ2) is 4.10. The molecule has 0 amide bonds. The summed E-state index contributed by atoms with van der Waals surface area (Å²) in [5, 5.41) is 31.4. The van der Waals surface area contributed by atoms with Gasteiger partial charge in [0.1, 0.15) is 5.75 Å². The zero-order valence-electron chi connectivity index (χ0n) is 10.3. The average molecular weight is 286 g/mol. The molecule has 0 bridgehead atoms. The van der Waals surface area contributed by atoms with E-state index < -0.39 is 27.1 Å². The van der Waals surface area contributed by atoms with E-state index in [1.807, 2.05) is 0 Å². The number of nitro benzene ring substituents is 2. The summed E-state index contributed by atoms with van der Waals surface area (Å²) in [5.41, 5.74) is -0.165. The molecule has 0 spiro atoms. The Morgan fingerprint density at radius 1 is 0.857 bits per heavy atom. The molecule has 0 atom stereocenters. The minimum atomic E-state index is -0.723. The number of fused-ring (bicyclic) bond motifs is 3. The molecule has 1 aliphatic carbocycles. The van der Waals surface area contributed by atoms with E-state index in [2.05, 4.69) is 0 Å². The molecule has 8 heteroatoms. The highest BCUT2D eigenvalue weighted by molar-refractivity contribution is 6.23. The van der Waals surface area contributed by atoms with Gasteiger partial charge in [-0.15, -0.1) is 0 Å². The van der Waals surface area contributed by atoms with E-state index in [1.54, 1.807) is 0 Å². The lowest BCUT2D eigenvalue weighted by Crippen LogP contribution is -1.98. The monoisotopic (exact) mass is 286 g/mol. The van der Waals surface area contributed by atoms with Crippen molar-refractivity contribution < 1.29 is 19.7 Å². The molecule has 3 rings (SSSR count). The molecule has 21 heavy (non-hydrogen) atoms. The number of aromatic hydroxyl groups is 1. The van der Waals surface area contributed by atoms with Gasteiger partial charge in [-0.3, -0.25) is 25.0 Å². The SMILES string of the molecule is O=C1c2cc([N+](=O)[O-])ccc2-c2c(O)cc([N+](=O)[O-])cc21. The Morgan fingerprint density at radius 2 is 1.48 bits per heavy atom. The number of carbonyl (C=O) groups excluding carboxylic acids is 1. The minimum absolute atomic E-state index is 0.0304. The number of nitrogens with zero attached hydrogens (tertiary/aromatic N) is 2. The Morgan fingerprint density at radius 3 is 2.10 bits per heavy atom. The van der Waals surface area contributed by atoms with Gasteiger partial charge in [-0.2, -0.15) is 0 Å². The first kappa shape index (κ1) is 12.7. The zero-order chi connectivity index (χ0) is 15.3. The van der Waals surface area contributed by atoms with Crippen LogP contribution < -0.4 is 0 Å². The van der Waals surface area contributed by atoms with Gasteiger partial charge in [0.15, 0.2) is 5.78 Å². The van der Waals surface area contributed by atoms with E-state index in [9.17, 15) is 30.1 Å². The van der Waals surface area contributed by atoms with E-state index in [0.717, 1.165) is 18.2 Å². The van der Waals surface area contributed by atoms with Gasteiger partial charge >= 0.3 is 0 Å². The third-order valence-corrected chi connectivity index (χ3v) is 3.29. The van der Waals surface area contributed by atoms with Gasteiger partial charge in [0.25, 0.3) is 11.4 Å². The Bertz CT molecular complexity index is 843. The van der Waals surface area contributed by atoms with Gasteiger partial charge in [-0.25, -0.2) is 0 Å². The van der Waals surface area contributed by atoms with Crippen LogP contribution in [0.2, 0.25) is 0 Å². The predicted octanol–water partition coefficient (Wildman–Crippen LogP) is 2.42. The maximum absolute atomic E-state index is 12.2. The molecule has 104 valence electrons. The molecule has 1 aliphatic rings. The van der Waals surface area contributed by atoms with E-state index >= 15 is 0 Å². The lowest BCUT2D eigenvalue weighted by Gasteiger charge is -2.03. The van der Waals surface area contributed by atoms with Crippen LogP contribution in [-0.2, 0) is 0 Å². The molecule has 0 saturated heterocycles. The third kappa shape index (κ3) is 1.73. The molecule has 8 nitrogen and oxygen atoms in total.